The van der Waals surface area contributed by atoms with Crippen molar-refractivity contribution >= 4 is 62.3 Å². The Morgan fingerprint density at radius 1 is 1.19 bits per heavy atom. The minimum atomic E-state index is 0. The molecule has 0 aliphatic carbocycles. The van der Waals surface area contributed by atoms with Crippen LogP contribution < -0.4 is 5.32 Å². The van der Waals surface area contributed by atoms with Crippen molar-refractivity contribution in [2.75, 3.05) is 31.5 Å². The molecule has 1 N–H and O–H groups in total. The van der Waals surface area contributed by atoms with E-state index in [0.717, 1.165) is 42.9 Å². The average molecular weight is 441 g/mol. The van der Waals surface area contributed by atoms with E-state index < -0.39 is 0 Å². The summed E-state index contributed by atoms with van der Waals surface area (Å²) in [6.45, 7) is 8.41. The number of pyridine rings is 2. The summed E-state index contributed by atoms with van der Waals surface area (Å²) in [5.41, 5.74) is 2.70. The predicted octanol–water partition coefficient (Wildman–Crippen LogP) is 4.19. The van der Waals surface area contributed by atoms with E-state index in [1.54, 1.807) is 12.4 Å². The van der Waals surface area contributed by atoms with Crippen LogP contribution >= 0.6 is 45.6 Å². The van der Waals surface area contributed by atoms with Crippen molar-refractivity contribution in [2.24, 2.45) is 0 Å². The number of hydrogen-bond donors (Lipinski definition) is 1. The van der Waals surface area contributed by atoms with E-state index in [9.17, 15) is 0 Å². The SMILES string of the molecule is Br.Br.CCN(CC)CCNc1ccnc2cc(Cl)cnc12. The van der Waals surface area contributed by atoms with Crippen LogP contribution in [0.4, 0.5) is 5.69 Å². The zero-order chi connectivity index (χ0) is 13.7. The third-order valence-corrected chi connectivity index (χ3v) is 3.39. The Morgan fingerprint density at radius 3 is 2.57 bits per heavy atom. The first-order valence-electron chi connectivity index (χ1n) is 6.61. The first kappa shape index (κ1) is 20.6. The molecule has 0 aliphatic heterocycles. The van der Waals surface area contributed by atoms with E-state index in [2.05, 4.69) is 34.0 Å². The van der Waals surface area contributed by atoms with Crippen molar-refractivity contribution in [2.45, 2.75) is 13.8 Å². The molecule has 0 bridgehead atoms. The molecule has 0 atom stereocenters. The summed E-state index contributed by atoms with van der Waals surface area (Å²) in [5, 5.41) is 4.03. The second-order valence-corrected chi connectivity index (χ2v) is 4.77. The molecule has 0 amide bonds. The predicted molar refractivity (Wildman–Crippen MR) is 101 cm³/mol. The van der Waals surface area contributed by atoms with Gasteiger partial charge in [0, 0.05) is 25.5 Å². The lowest BCUT2D eigenvalue weighted by Crippen LogP contribution is -2.28. The molecule has 21 heavy (non-hydrogen) atoms. The highest BCUT2D eigenvalue weighted by Gasteiger charge is 2.04. The number of anilines is 1. The highest BCUT2D eigenvalue weighted by molar-refractivity contribution is 8.93. The summed E-state index contributed by atoms with van der Waals surface area (Å²) in [6.07, 6.45) is 3.43. The summed E-state index contributed by atoms with van der Waals surface area (Å²) in [4.78, 5) is 11.0. The van der Waals surface area contributed by atoms with Crippen LogP contribution in [0.15, 0.2) is 24.5 Å². The van der Waals surface area contributed by atoms with E-state index in [4.69, 9.17) is 11.6 Å². The maximum atomic E-state index is 5.92. The summed E-state index contributed by atoms with van der Waals surface area (Å²) in [5.74, 6) is 0. The Bertz CT molecular complexity index is 549. The number of likely N-dealkylation sites (N-methyl/N-ethyl adjacent to an activating group) is 1. The van der Waals surface area contributed by atoms with Gasteiger partial charge in [0.05, 0.1) is 16.2 Å². The molecule has 2 heterocycles. The van der Waals surface area contributed by atoms with Gasteiger partial charge in [-0.25, -0.2) is 0 Å². The second kappa shape index (κ2) is 10.3. The van der Waals surface area contributed by atoms with Crippen molar-refractivity contribution in [3.63, 3.8) is 0 Å². The number of aromatic nitrogens is 2. The number of nitrogens with zero attached hydrogens (tertiary/aromatic N) is 3. The fourth-order valence-corrected chi connectivity index (χ4v) is 2.19. The lowest BCUT2D eigenvalue weighted by molar-refractivity contribution is 0.316. The Labute approximate surface area is 151 Å². The molecule has 2 aromatic rings. The zero-order valence-corrected chi connectivity index (χ0v) is 16.4. The summed E-state index contributed by atoms with van der Waals surface area (Å²) < 4.78 is 0. The Balaban J connectivity index is 0.00000200. The van der Waals surface area contributed by atoms with Gasteiger partial charge in [-0.3, -0.25) is 9.97 Å². The van der Waals surface area contributed by atoms with Gasteiger partial charge in [-0.2, -0.15) is 0 Å². The van der Waals surface area contributed by atoms with Crippen molar-refractivity contribution in [3.8, 4) is 0 Å². The molecular formula is C14H21Br2ClN4. The molecule has 7 heteroatoms. The van der Waals surface area contributed by atoms with Gasteiger partial charge in [0.2, 0.25) is 0 Å². The molecule has 2 aromatic heterocycles. The topological polar surface area (TPSA) is 41.0 Å². The smallest absolute Gasteiger partial charge is 0.112 e. The molecule has 0 radical (unpaired) electrons. The standard InChI is InChI=1S/C14H19ClN4.2BrH/c1-3-19(4-2)8-7-17-12-5-6-16-13-9-11(15)10-18-14(12)13;;/h5-6,9-10H,3-4,7-8H2,1-2H3,(H,16,17);2*1H. The van der Waals surface area contributed by atoms with Crippen molar-refractivity contribution in [1.29, 1.82) is 0 Å². The molecule has 0 spiro atoms. The largest absolute Gasteiger partial charge is 0.382 e. The van der Waals surface area contributed by atoms with E-state index in [1.807, 2.05) is 12.1 Å². The van der Waals surface area contributed by atoms with Crippen LogP contribution in [0.2, 0.25) is 5.02 Å². The lowest BCUT2D eigenvalue weighted by Gasteiger charge is -2.18. The Kier molecular flexibility index (Phi) is 10.1. The third kappa shape index (κ3) is 5.70. The normalized spacial score (nSPS) is 10.1. The van der Waals surface area contributed by atoms with Crippen LogP contribution in [0.3, 0.4) is 0 Å². The first-order chi connectivity index (χ1) is 9.24. The monoisotopic (exact) mass is 438 g/mol. The van der Waals surface area contributed by atoms with E-state index >= 15 is 0 Å². The van der Waals surface area contributed by atoms with Gasteiger partial charge in [0.1, 0.15) is 5.52 Å². The van der Waals surface area contributed by atoms with Crippen LogP contribution in [-0.4, -0.2) is 41.0 Å². The van der Waals surface area contributed by atoms with Gasteiger partial charge >= 0.3 is 0 Å². The number of nitrogens with one attached hydrogen (secondary N) is 1. The number of rotatable bonds is 6. The fourth-order valence-electron chi connectivity index (χ4n) is 2.04. The van der Waals surface area contributed by atoms with Crippen molar-refractivity contribution < 1.29 is 0 Å². The highest BCUT2D eigenvalue weighted by Crippen LogP contribution is 2.21. The Morgan fingerprint density at radius 2 is 1.90 bits per heavy atom. The van der Waals surface area contributed by atoms with Crippen molar-refractivity contribution in [3.05, 3.63) is 29.5 Å². The third-order valence-electron chi connectivity index (χ3n) is 3.18. The molecule has 118 valence electrons. The molecule has 0 fully saturated rings. The fraction of sp³-hybridized carbons (Fsp3) is 0.429. The molecule has 2 rings (SSSR count). The molecule has 0 aliphatic rings. The molecule has 0 unspecified atom stereocenters. The van der Waals surface area contributed by atoms with Crippen LogP contribution in [0.1, 0.15) is 13.8 Å². The maximum Gasteiger partial charge on any atom is 0.112 e. The second-order valence-electron chi connectivity index (χ2n) is 4.33. The van der Waals surface area contributed by atoms with E-state index in [1.165, 1.54) is 0 Å². The molecule has 0 aromatic carbocycles. The lowest BCUT2D eigenvalue weighted by atomic mass is 10.3. The molecular weight excluding hydrogens is 419 g/mol. The first-order valence-corrected chi connectivity index (χ1v) is 6.99. The minimum absolute atomic E-state index is 0. The number of fused-ring (bicyclic) bond motifs is 1. The van der Waals surface area contributed by atoms with Crippen LogP contribution in [0, 0.1) is 0 Å². The van der Waals surface area contributed by atoms with Gasteiger partial charge in [-0.05, 0) is 25.2 Å². The molecule has 0 saturated heterocycles. The van der Waals surface area contributed by atoms with Crippen molar-refractivity contribution in [1.82, 2.24) is 14.9 Å². The number of halogens is 3. The minimum Gasteiger partial charge on any atom is -0.382 e. The van der Waals surface area contributed by atoms with Crippen LogP contribution in [-0.2, 0) is 0 Å². The van der Waals surface area contributed by atoms with Gasteiger partial charge in [0.15, 0.2) is 0 Å². The van der Waals surface area contributed by atoms with Gasteiger partial charge in [0.25, 0.3) is 0 Å². The Hall–Kier alpha value is -0.430. The number of hydrogen-bond acceptors (Lipinski definition) is 4. The molecule has 0 saturated carbocycles. The van der Waals surface area contributed by atoms with Crippen LogP contribution in [0.25, 0.3) is 11.0 Å². The highest BCUT2D eigenvalue weighted by atomic mass is 79.9. The van der Waals surface area contributed by atoms with Crippen LogP contribution in [0.5, 0.6) is 0 Å². The van der Waals surface area contributed by atoms with Gasteiger partial charge < -0.3 is 10.2 Å². The maximum absolute atomic E-state index is 5.92. The summed E-state index contributed by atoms with van der Waals surface area (Å²) in [6, 6.07) is 3.78. The van der Waals surface area contributed by atoms with Gasteiger partial charge in [-0.15, -0.1) is 34.0 Å². The molecule has 4 nitrogen and oxygen atoms in total. The average Bonchev–Trinajstić information content (AvgIpc) is 2.43. The van der Waals surface area contributed by atoms with Gasteiger partial charge in [-0.1, -0.05) is 25.4 Å². The summed E-state index contributed by atoms with van der Waals surface area (Å²) >= 11 is 5.92. The van der Waals surface area contributed by atoms with E-state index in [-0.39, 0.29) is 34.0 Å². The quantitative estimate of drug-likeness (QED) is 0.731. The summed E-state index contributed by atoms with van der Waals surface area (Å²) in [7, 11) is 0. The zero-order valence-electron chi connectivity index (χ0n) is 12.2. The van der Waals surface area contributed by atoms with E-state index in [0.29, 0.717) is 5.02 Å².